The second-order valence-corrected chi connectivity index (χ2v) is 10.1. The number of alkyl carbamates (subject to hydrolysis) is 1. The number of rotatable bonds is 5. The summed E-state index contributed by atoms with van der Waals surface area (Å²) in [5.41, 5.74) is 0.959. The van der Waals surface area contributed by atoms with Crippen molar-refractivity contribution in [3.63, 3.8) is 0 Å². The first-order chi connectivity index (χ1) is 14.0. The van der Waals surface area contributed by atoms with Crippen LogP contribution >= 0.6 is 23.2 Å². The Hall–Kier alpha value is -2.42. The van der Waals surface area contributed by atoms with Crippen LogP contribution in [-0.2, 0) is 21.3 Å². The Morgan fingerprint density at radius 2 is 1.73 bits per heavy atom. The van der Waals surface area contributed by atoms with Crippen LogP contribution in [0.1, 0.15) is 26.3 Å². The summed E-state index contributed by atoms with van der Waals surface area (Å²) in [5.74, 6) is 0. The fraction of sp³-hybridized carbons (Fsp3) is 0.250. The van der Waals surface area contributed by atoms with Gasteiger partial charge in [-0.3, -0.25) is 4.72 Å². The Kier molecular flexibility index (Phi) is 6.21. The topological polar surface area (TPSA) is 100 Å². The van der Waals surface area contributed by atoms with Gasteiger partial charge in [0.25, 0.3) is 10.0 Å². The number of nitrogens with one attached hydrogen (secondary N) is 3. The van der Waals surface area contributed by atoms with Crippen LogP contribution in [0.4, 0.5) is 10.5 Å². The van der Waals surface area contributed by atoms with E-state index in [1.54, 1.807) is 51.2 Å². The molecule has 0 aliphatic carbocycles. The summed E-state index contributed by atoms with van der Waals surface area (Å²) in [6.07, 6.45) is 1.000. The first-order valence-electron chi connectivity index (χ1n) is 9.00. The maximum absolute atomic E-state index is 12.8. The van der Waals surface area contributed by atoms with Crippen LogP contribution in [0.15, 0.2) is 47.5 Å². The lowest BCUT2D eigenvalue weighted by molar-refractivity contribution is 0.0523. The molecule has 0 aliphatic heterocycles. The standard InChI is InChI=1S/C20H21Cl2N3O4S/c1-20(2,3)29-19(26)24-10-12-4-6-13(7-5-12)30(27,28)25-16-9-8-14(21)17-15(22)11-23-18(16)17/h4-9,11,23,25H,10H2,1-3H3,(H,24,26). The molecule has 10 heteroatoms. The van der Waals surface area contributed by atoms with Crippen molar-refractivity contribution in [1.29, 1.82) is 0 Å². The van der Waals surface area contributed by atoms with Crippen molar-refractivity contribution in [2.24, 2.45) is 0 Å². The van der Waals surface area contributed by atoms with E-state index in [1.165, 1.54) is 12.1 Å². The summed E-state index contributed by atoms with van der Waals surface area (Å²) in [5, 5.41) is 3.99. The van der Waals surface area contributed by atoms with Gasteiger partial charge in [0.1, 0.15) is 5.60 Å². The Balaban J connectivity index is 1.73. The molecule has 0 saturated carbocycles. The zero-order valence-corrected chi connectivity index (χ0v) is 18.9. The van der Waals surface area contributed by atoms with Gasteiger partial charge in [0.2, 0.25) is 0 Å². The van der Waals surface area contributed by atoms with Crippen LogP contribution in [0, 0.1) is 0 Å². The normalized spacial score (nSPS) is 12.0. The summed E-state index contributed by atoms with van der Waals surface area (Å²) >= 11 is 12.3. The molecule has 0 aliphatic rings. The molecule has 1 heterocycles. The molecule has 160 valence electrons. The monoisotopic (exact) mass is 469 g/mol. The largest absolute Gasteiger partial charge is 0.444 e. The molecule has 3 aromatic rings. The number of carbonyl (C=O) groups is 1. The highest BCUT2D eigenvalue weighted by Gasteiger charge is 2.19. The van der Waals surface area contributed by atoms with Gasteiger partial charge < -0.3 is 15.0 Å². The zero-order chi connectivity index (χ0) is 22.1. The molecule has 0 fully saturated rings. The molecule has 0 saturated heterocycles. The van der Waals surface area contributed by atoms with Crippen LogP contribution in [0.3, 0.4) is 0 Å². The molecule has 0 bridgehead atoms. The highest BCUT2D eigenvalue weighted by atomic mass is 35.5. The van der Waals surface area contributed by atoms with Gasteiger partial charge in [0.05, 0.1) is 26.1 Å². The Morgan fingerprint density at radius 1 is 1.07 bits per heavy atom. The molecular weight excluding hydrogens is 449 g/mol. The third-order valence-corrected chi connectivity index (χ3v) is 6.04. The zero-order valence-electron chi connectivity index (χ0n) is 16.5. The van der Waals surface area contributed by atoms with Gasteiger partial charge in [-0.1, -0.05) is 35.3 Å². The number of ether oxygens (including phenoxy) is 1. The van der Waals surface area contributed by atoms with Gasteiger partial charge in [-0.2, -0.15) is 0 Å². The van der Waals surface area contributed by atoms with Crippen LogP contribution in [0.2, 0.25) is 10.0 Å². The minimum absolute atomic E-state index is 0.0734. The number of carbonyl (C=O) groups excluding carboxylic acids is 1. The summed E-state index contributed by atoms with van der Waals surface area (Å²) in [4.78, 5) is 14.7. The molecule has 0 atom stereocenters. The molecule has 0 radical (unpaired) electrons. The third kappa shape index (κ3) is 5.19. The summed E-state index contributed by atoms with van der Waals surface area (Å²) in [6.45, 7) is 5.53. The minimum Gasteiger partial charge on any atom is -0.444 e. The van der Waals surface area contributed by atoms with Crippen molar-refractivity contribution in [2.75, 3.05) is 4.72 Å². The van der Waals surface area contributed by atoms with E-state index < -0.39 is 21.7 Å². The van der Waals surface area contributed by atoms with Crippen LogP contribution in [0.25, 0.3) is 10.9 Å². The average Bonchev–Trinajstić information content (AvgIpc) is 3.04. The van der Waals surface area contributed by atoms with Crippen molar-refractivity contribution < 1.29 is 17.9 Å². The van der Waals surface area contributed by atoms with Crippen molar-refractivity contribution in [2.45, 2.75) is 37.8 Å². The lowest BCUT2D eigenvalue weighted by Crippen LogP contribution is -2.32. The molecule has 1 aromatic heterocycles. The van der Waals surface area contributed by atoms with E-state index in [0.717, 1.165) is 5.56 Å². The number of hydrogen-bond donors (Lipinski definition) is 3. The second kappa shape index (κ2) is 8.37. The number of benzene rings is 2. The number of aromatic nitrogens is 1. The first kappa shape index (κ1) is 22.3. The van der Waals surface area contributed by atoms with E-state index in [1.807, 2.05) is 0 Å². The van der Waals surface area contributed by atoms with Gasteiger partial charge in [0, 0.05) is 18.1 Å². The summed E-state index contributed by atoms with van der Waals surface area (Å²) in [6, 6.07) is 9.30. The van der Waals surface area contributed by atoms with Gasteiger partial charge >= 0.3 is 6.09 Å². The number of amides is 1. The fourth-order valence-corrected chi connectivity index (χ4v) is 4.36. The lowest BCUT2D eigenvalue weighted by atomic mass is 10.2. The number of fused-ring (bicyclic) bond motifs is 1. The SMILES string of the molecule is CC(C)(C)OC(=O)NCc1ccc(S(=O)(=O)Nc2ccc(Cl)c3c(Cl)c[nH]c23)cc1. The van der Waals surface area contributed by atoms with Crippen LogP contribution < -0.4 is 10.0 Å². The predicted molar refractivity (Wildman–Crippen MR) is 119 cm³/mol. The van der Waals surface area contributed by atoms with E-state index in [2.05, 4.69) is 15.0 Å². The molecule has 3 rings (SSSR count). The quantitative estimate of drug-likeness (QED) is 0.471. The van der Waals surface area contributed by atoms with Crippen molar-refractivity contribution >= 4 is 55.9 Å². The Morgan fingerprint density at radius 3 is 2.37 bits per heavy atom. The Labute approximate surface area is 184 Å². The summed E-state index contributed by atoms with van der Waals surface area (Å²) in [7, 11) is -3.85. The van der Waals surface area contributed by atoms with Crippen molar-refractivity contribution in [3.05, 3.63) is 58.2 Å². The van der Waals surface area contributed by atoms with E-state index in [9.17, 15) is 13.2 Å². The molecule has 1 amide bonds. The van der Waals surface area contributed by atoms with Crippen molar-refractivity contribution in [1.82, 2.24) is 10.3 Å². The van der Waals surface area contributed by atoms with Gasteiger partial charge in [-0.25, -0.2) is 13.2 Å². The predicted octanol–water partition coefficient (Wildman–Crippen LogP) is 5.30. The number of hydrogen-bond acceptors (Lipinski definition) is 4. The molecular formula is C20H21Cl2N3O4S. The van der Waals surface area contributed by atoms with E-state index in [0.29, 0.717) is 26.6 Å². The fourth-order valence-electron chi connectivity index (χ4n) is 2.73. The molecule has 30 heavy (non-hydrogen) atoms. The number of sulfonamides is 1. The van der Waals surface area contributed by atoms with E-state index >= 15 is 0 Å². The highest BCUT2D eigenvalue weighted by molar-refractivity contribution is 7.92. The molecule has 7 nitrogen and oxygen atoms in total. The Bertz CT molecular complexity index is 1180. The molecule has 2 aromatic carbocycles. The van der Waals surface area contributed by atoms with E-state index in [-0.39, 0.29) is 11.4 Å². The maximum Gasteiger partial charge on any atom is 0.407 e. The second-order valence-electron chi connectivity index (χ2n) is 7.59. The van der Waals surface area contributed by atoms with Gasteiger partial charge in [0.15, 0.2) is 0 Å². The van der Waals surface area contributed by atoms with E-state index in [4.69, 9.17) is 27.9 Å². The molecule has 0 spiro atoms. The molecule has 3 N–H and O–H groups in total. The highest BCUT2D eigenvalue weighted by Crippen LogP contribution is 2.35. The van der Waals surface area contributed by atoms with Crippen molar-refractivity contribution in [3.8, 4) is 0 Å². The average molecular weight is 470 g/mol. The summed E-state index contributed by atoms with van der Waals surface area (Å²) < 4.78 is 33.3. The van der Waals surface area contributed by atoms with Gasteiger partial charge in [-0.15, -0.1) is 0 Å². The number of H-pyrrole nitrogens is 1. The smallest absolute Gasteiger partial charge is 0.407 e. The van der Waals surface area contributed by atoms with Crippen LogP contribution in [-0.4, -0.2) is 25.1 Å². The first-order valence-corrected chi connectivity index (χ1v) is 11.2. The third-order valence-electron chi connectivity index (χ3n) is 4.05. The lowest BCUT2D eigenvalue weighted by Gasteiger charge is -2.19. The maximum atomic E-state index is 12.8. The van der Waals surface area contributed by atoms with Gasteiger partial charge in [-0.05, 0) is 50.6 Å². The number of anilines is 1. The molecule has 0 unspecified atom stereocenters. The van der Waals surface area contributed by atoms with Crippen LogP contribution in [0.5, 0.6) is 0 Å². The number of halogens is 2. The number of aromatic amines is 1. The minimum atomic E-state index is -3.85.